The van der Waals surface area contributed by atoms with E-state index in [9.17, 15) is 9.59 Å². The number of esters is 2. The number of hydrogen-bond acceptors (Lipinski definition) is 6. The topological polar surface area (TPSA) is 93.1 Å². The minimum atomic E-state index is -1.51. The molecule has 6 nitrogen and oxygen atoms in total. The van der Waals surface area contributed by atoms with Crippen LogP contribution in [-0.4, -0.2) is 41.7 Å². The van der Waals surface area contributed by atoms with Crippen LogP contribution in [0.1, 0.15) is 19.8 Å². The Morgan fingerprint density at radius 1 is 1.12 bits per heavy atom. The van der Waals surface area contributed by atoms with Crippen LogP contribution < -0.4 is 0 Å². The highest BCUT2D eigenvalue weighted by Gasteiger charge is 2.02. The Morgan fingerprint density at radius 2 is 1.62 bits per heavy atom. The zero-order chi connectivity index (χ0) is 12.4. The molecule has 0 spiro atoms. The second-order valence-corrected chi connectivity index (χ2v) is 2.94. The van der Waals surface area contributed by atoms with E-state index in [1.54, 1.807) is 0 Å². The Labute approximate surface area is 93.5 Å². The summed E-state index contributed by atoms with van der Waals surface area (Å²) in [6, 6.07) is 0. The summed E-state index contributed by atoms with van der Waals surface area (Å²) in [5.41, 5.74) is 0. The van der Waals surface area contributed by atoms with E-state index in [0.717, 1.165) is 12.2 Å². The van der Waals surface area contributed by atoms with E-state index in [1.807, 2.05) is 6.92 Å². The summed E-state index contributed by atoms with van der Waals surface area (Å²) in [5.74, 6) is -1.34. The number of aliphatic hydroxyl groups is 2. The average molecular weight is 232 g/mol. The highest BCUT2D eigenvalue weighted by Crippen LogP contribution is 1.91. The molecule has 0 aliphatic rings. The van der Waals surface area contributed by atoms with Gasteiger partial charge in [-0.25, -0.2) is 9.59 Å². The third kappa shape index (κ3) is 9.17. The molecule has 0 atom stereocenters. The lowest BCUT2D eigenvalue weighted by Crippen LogP contribution is -2.11. The van der Waals surface area contributed by atoms with Gasteiger partial charge in [0.25, 0.3) is 0 Å². The van der Waals surface area contributed by atoms with Gasteiger partial charge < -0.3 is 19.7 Å². The van der Waals surface area contributed by atoms with Crippen LogP contribution in [0.4, 0.5) is 0 Å². The fraction of sp³-hybridized carbons (Fsp3) is 0.600. The fourth-order valence-electron chi connectivity index (χ4n) is 0.700. The standard InChI is InChI=1S/C10H16O6/c1-2-6-15-9(13)3-4-10(14)16-7-5-8(11)12/h3-4,8,11-12H,2,5-7H2,1H3/b4-3-. The molecule has 0 aromatic carbocycles. The minimum absolute atomic E-state index is 0.0696. The molecule has 0 aliphatic carbocycles. The molecule has 2 N–H and O–H groups in total. The number of aliphatic hydroxyl groups excluding tert-OH is 1. The maximum atomic E-state index is 10.9. The maximum Gasteiger partial charge on any atom is 0.331 e. The van der Waals surface area contributed by atoms with E-state index < -0.39 is 18.2 Å². The van der Waals surface area contributed by atoms with Gasteiger partial charge in [-0.1, -0.05) is 6.92 Å². The second-order valence-electron chi connectivity index (χ2n) is 2.94. The first-order valence-corrected chi connectivity index (χ1v) is 4.94. The Morgan fingerprint density at radius 3 is 2.06 bits per heavy atom. The second kappa shape index (κ2) is 8.87. The smallest absolute Gasteiger partial charge is 0.331 e. The van der Waals surface area contributed by atoms with Crippen LogP contribution in [0.2, 0.25) is 0 Å². The third-order valence-electron chi connectivity index (χ3n) is 1.42. The molecule has 0 aromatic rings. The van der Waals surface area contributed by atoms with Crippen molar-refractivity contribution in [1.82, 2.24) is 0 Å². The predicted octanol–water partition coefficient (Wildman–Crippen LogP) is -0.260. The van der Waals surface area contributed by atoms with Crippen molar-refractivity contribution in [3.05, 3.63) is 12.2 Å². The van der Waals surface area contributed by atoms with Crippen molar-refractivity contribution < 1.29 is 29.3 Å². The quantitative estimate of drug-likeness (QED) is 0.357. The predicted molar refractivity (Wildman–Crippen MR) is 54.2 cm³/mol. The highest BCUT2D eigenvalue weighted by atomic mass is 16.5. The summed E-state index contributed by atoms with van der Waals surface area (Å²) in [4.78, 5) is 21.8. The number of rotatable bonds is 7. The van der Waals surface area contributed by atoms with Gasteiger partial charge in [0.05, 0.1) is 13.2 Å². The average Bonchev–Trinajstić information content (AvgIpc) is 2.23. The van der Waals surface area contributed by atoms with Crippen LogP contribution in [-0.2, 0) is 19.1 Å². The largest absolute Gasteiger partial charge is 0.463 e. The van der Waals surface area contributed by atoms with Crippen molar-refractivity contribution in [3.63, 3.8) is 0 Å². The maximum absolute atomic E-state index is 10.9. The summed E-state index contributed by atoms with van der Waals surface area (Å²) in [6.07, 6.45) is 1.03. The molecule has 0 aliphatic heterocycles. The Hall–Kier alpha value is -1.40. The summed E-state index contributed by atoms with van der Waals surface area (Å²) in [7, 11) is 0. The van der Waals surface area contributed by atoms with Gasteiger partial charge in [-0.15, -0.1) is 0 Å². The van der Waals surface area contributed by atoms with Gasteiger partial charge >= 0.3 is 11.9 Å². The van der Waals surface area contributed by atoms with Gasteiger partial charge in [0, 0.05) is 18.6 Å². The zero-order valence-corrected chi connectivity index (χ0v) is 9.09. The van der Waals surface area contributed by atoms with Gasteiger partial charge in [-0.3, -0.25) is 0 Å². The first-order chi connectivity index (χ1) is 7.56. The van der Waals surface area contributed by atoms with Crippen LogP contribution in [0.5, 0.6) is 0 Å². The van der Waals surface area contributed by atoms with Crippen molar-refractivity contribution in [3.8, 4) is 0 Å². The van der Waals surface area contributed by atoms with Crippen LogP contribution in [0.25, 0.3) is 0 Å². The van der Waals surface area contributed by atoms with Crippen molar-refractivity contribution in [1.29, 1.82) is 0 Å². The van der Waals surface area contributed by atoms with E-state index in [1.165, 1.54) is 0 Å². The molecule has 0 saturated carbocycles. The lowest BCUT2D eigenvalue weighted by Gasteiger charge is -2.03. The summed E-state index contributed by atoms with van der Waals surface area (Å²) in [5, 5.41) is 16.9. The van der Waals surface area contributed by atoms with Crippen molar-refractivity contribution in [2.45, 2.75) is 26.1 Å². The van der Waals surface area contributed by atoms with Gasteiger partial charge in [-0.2, -0.15) is 0 Å². The molecule has 92 valence electrons. The Kier molecular flexibility index (Phi) is 8.10. The molecular formula is C10H16O6. The minimum Gasteiger partial charge on any atom is -0.463 e. The number of carbonyl (C=O) groups excluding carboxylic acids is 2. The molecule has 0 fully saturated rings. The first kappa shape index (κ1) is 14.6. The molecule has 0 amide bonds. The molecular weight excluding hydrogens is 216 g/mol. The summed E-state index contributed by atoms with van der Waals surface area (Å²) < 4.78 is 9.22. The van der Waals surface area contributed by atoms with Crippen LogP contribution in [0.15, 0.2) is 12.2 Å². The lowest BCUT2D eigenvalue weighted by molar-refractivity contribution is -0.142. The van der Waals surface area contributed by atoms with E-state index >= 15 is 0 Å². The zero-order valence-electron chi connectivity index (χ0n) is 9.09. The number of ether oxygens (including phenoxy) is 2. The van der Waals surface area contributed by atoms with E-state index in [2.05, 4.69) is 9.47 Å². The fourth-order valence-corrected chi connectivity index (χ4v) is 0.700. The third-order valence-corrected chi connectivity index (χ3v) is 1.42. The Bertz CT molecular complexity index is 246. The van der Waals surface area contributed by atoms with Crippen LogP contribution in [0.3, 0.4) is 0 Å². The molecule has 0 unspecified atom stereocenters. The summed E-state index contributed by atoms with van der Waals surface area (Å²) >= 11 is 0. The molecule has 6 heteroatoms. The SMILES string of the molecule is CCCOC(=O)/C=C\C(=O)OCCC(O)O. The number of carbonyl (C=O) groups is 2. The van der Waals surface area contributed by atoms with Gasteiger partial charge in [0.1, 0.15) is 0 Å². The van der Waals surface area contributed by atoms with Crippen LogP contribution in [0, 0.1) is 0 Å². The summed E-state index contributed by atoms with van der Waals surface area (Å²) in [6.45, 7) is 2.03. The highest BCUT2D eigenvalue weighted by molar-refractivity contribution is 5.91. The molecule has 16 heavy (non-hydrogen) atoms. The molecule has 0 saturated heterocycles. The number of hydrogen-bond donors (Lipinski definition) is 2. The van der Waals surface area contributed by atoms with Crippen molar-refractivity contribution >= 4 is 11.9 Å². The van der Waals surface area contributed by atoms with Gasteiger partial charge in [-0.05, 0) is 6.42 Å². The van der Waals surface area contributed by atoms with E-state index in [4.69, 9.17) is 10.2 Å². The van der Waals surface area contributed by atoms with Crippen molar-refractivity contribution in [2.75, 3.05) is 13.2 Å². The normalized spacial score (nSPS) is 10.8. The molecule has 0 bridgehead atoms. The van der Waals surface area contributed by atoms with Crippen molar-refractivity contribution in [2.24, 2.45) is 0 Å². The van der Waals surface area contributed by atoms with Gasteiger partial charge in [0.15, 0.2) is 6.29 Å². The Balaban J connectivity index is 3.69. The van der Waals surface area contributed by atoms with E-state index in [0.29, 0.717) is 13.0 Å². The first-order valence-electron chi connectivity index (χ1n) is 4.94. The monoisotopic (exact) mass is 232 g/mol. The van der Waals surface area contributed by atoms with E-state index in [-0.39, 0.29) is 13.0 Å². The van der Waals surface area contributed by atoms with Crippen LogP contribution >= 0.6 is 0 Å². The molecule has 0 aromatic heterocycles. The lowest BCUT2D eigenvalue weighted by atomic mass is 10.4. The molecule has 0 radical (unpaired) electrons. The van der Waals surface area contributed by atoms with Gasteiger partial charge in [0.2, 0.25) is 0 Å². The molecule has 0 rings (SSSR count). The molecule has 0 heterocycles.